The van der Waals surface area contributed by atoms with Crippen LogP contribution in [-0.2, 0) is 11.8 Å². The van der Waals surface area contributed by atoms with Crippen molar-refractivity contribution in [2.75, 3.05) is 17.7 Å². The van der Waals surface area contributed by atoms with E-state index < -0.39 is 17.3 Å². The monoisotopic (exact) mass is 408 g/mol. The zero-order valence-electron chi connectivity index (χ0n) is 16.1. The molecule has 0 spiro atoms. The van der Waals surface area contributed by atoms with Crippen molar-refractivity contribution in [2.45, 2.75) is 0 Å². The molecule has 0 unspecified atom stereocenters. The van der Waals surface area contributed by atoms with Gasteiger partial charge in [-0.3, -0.25) is 19.4 Å². The van der Waals surface area contributed by atoms with Gasteiger partial charge in [0.05, 0.1) is 0 Å². The largest absolute Gasteiger partial charge is 0.440 e. The highest BCUT2D eigenvalue weighted by Gasteiger charge is 2.16. The number of H-pyrrole nitrogens is 1. The van der Waals surface area contributed by atoms with Gasteiger partial charge < -0.3 is 19.9 Å². The minimum atomic E-state index is -0.796. The van der Waals surface area contributed by atoms with E-state index in [9.17, 15) is 18.8 Å². The smallest absolute Gasteiger partial charge is 0.300 e. The van der Waals surface area contributed by atoms with Crippen molar-refractivity contribution in [3.63, 3.8) is 0 Å². The normalized spacial score (nSPS) is 10.2. The highest BCUT2D eigenvalue weighted by molar-refractivity contribution is 6.03. The number of aromatic nitrogens is 2. The zero-order valence-corrected chi connectivity index (χ0v) is 16.1. The van der Waals surface area contributed by atoms with Crippen LogP contribution in [0.2, 0.25) is 0 Å². The number of pyridine rings is 2. The van der Waals surface area contributed by atoms with Crippen molar-refractivity contribution in [3.8, 4) is 35.1 Å². The van der Waals surface area contributed by atoms with Crippen molar-refractivity contribution in [3.05, 3.63) is 69.1 Å². The van der Waals surface area contributed by atoms with Gasteiger partial charge in [-0.1, -0.05) is 0 Å². The van der Waals surface area contributed by atoms with Crippen LogP contribution in [-0.4, -0.2) is 22.5 Å². The molecule has 1 aromatic carbocycles. The maximum Gasteiger partial charge on any atom is 0.300 e. The summed E-state index contributed by atoms with van der Waals surface area (Å²) >= 11 is 0. The molecule has 2 aromatic heterocycles. The number of carbonyl (C=O) groups excluding carboxylic acids is 1. The number of benzene rings is 1. The Morgan fingerprint density at radius 3 is 2.53 bits per heavy atom. The Kier molecular flexibility index (Phi) is 5.69. The number of hydrogen-bond donors (Lipinski definition) is 3. The molecule has 0 aliphatic heterocycles. The van der Waals surface area contributed by atoms with E-state index in [0.717, 1.165) is 0 Å². The molecule has 152 valence electrons. The number of aryl methyl sites for hydroxylation is 1. The van der Waals surface area contributed by atoms with E-state index in [1.165, 1.54) is 34.9 Å². The van der Waals surface area contributed by atoms with E-state index in [1.54, 1.807) is 26.4 Å². The molecule has 0 saturated carbocycles. The fourth-order valence-corrected chi connectivity index (χ4v) is 2.72. The molecule has 0 aliphatic carbocycles. The minimum absolute atomic E-state index is 0.0333. The molecule has 3 N–H and O–H groups in total. The third-order valence-corrected chi connectivity index (χ3v) is 4.18. The van der Waals surface area contributed by atoms with E-state index >= 15 is 0 Å². The van der Waals surface area contributed by atoms with E-state index in [4.69, 9.17) is 11.2 Å². The van der Waals surface area contributed by atoms with Gasteiger partial charge >= 0.3 is 0 Å². The first kappa shape index (κ1) is 20.4. The lowest BCUT2D eigenvalue weighted by Crippen LogP contribution is -2.21. The highest BCUT2D eigenvalue weighted by Crippen LogP contribution is 2.32. The number of nitrogens with one attached hydrogen (secondary N) is 3. The Labute approximate surface area is 170 Å². The summed E-state index contributed by atoms with van der Waals surface area (Å²) in [5.74, 6) is 0.933. The van der Waals surface area contributed by atoms with Crippen molar-refractivity contribution >= 4 is 17.3 Å². The van der Waals surface area contributed by atoms with Crippen LogP contribution in [0.1, 0.15) is 0 Å². The molecule has 0 aliphatic rings. The summed E-state index contributed by atoms with van der Waals surface area (Å²) in [7, 11) is 3.17. The van der Waals surface area contributed by atoms with Gasteiger partial charge in [0.25, 0.3) is 17.0 Å². The molecule has 0 atom stereocenters. The first-order valence-electron chi connectivity index (χ1n) is 8.69. The number of halogens is 1. The van der Waals surface area contributed by atoms with Crippen LogP contribution in [0.25, 0.3) is 11.1 Å². The van der Waals surface area contributed by atoms with Gasteiger partial charge in [-0.25, -0.2) is 4.39 Å². The van der Waals surface area contributed by atoms with Crippen LogP contribution in [0.15, 0.2) is 52.2 Å². The van der Waals surface area contributed by atoms with Crippen molar-refractivity contribution in [1.29, 1.82) is 0 Å². The van der Waals surface area contributed by atoms with Crippen LogP contribution in [0.4, 0.5) is 15.8 Å². The topological polar surface area (TPSA) is 105 Å². The maximum atomic E-state index is 13.2. The lowest BCUT2D eigenvalue weighted by Gasteiger charge is -2.14. The van der Waals surface area contributed by atoms with Crippen LogP contribution >= 0.6 is 0 Å². The number of aromatic amines is 1. The van der Waals surface area contributed by atoms with Crippen LogP contribution in [0.3, 0.4) is 0 Å². The molecular weight excluding hydrogens is 391 g/mol. The number of rotatable bonds is 5. The Bertz CT molecular complexity index is 1270. The summed E-state index contributed by atoms with van der Waals surface area (Å²) in [6, 6.07) is 8.16. The van der Waals surface area contributed by atoms with Gasteiger partial charge in [0, 0.05) is 31.4 Å². The number of amides is 1. The quantitative estimate of drug-likeness (QED) is 0.562. The predicted octanol–water partition coefficient (Wildman–Crippen LogP) is 2.29. The minimum Gasteiger partial charge on any atom is -0.440 e. The molecule has 3 rings (SSSR count). The standard InChI is InChI=1S/C21H17FN4O4/c1-4-18(27)24-16-10-15(12-9-17(23-2)21(29)26(3)11-12)20(25-19(16)28)30-14-7-5-13(22)6-8-14/h1,5-11,23H,2-3H3,(H,24,27)(H,25,28). The van der Waals surface area contributed by atoms with Crippen molar-refractivity contribution < 1.29 is 13.9 Å². The van der Waals surface area contributed by atoms with Crippen LogP contribution < -0.4 is 26.5 Å². The first-order chi connectivity index (χ1) is 14.3. The second-order valence-electron chi connectivity index (χ2n) is 6.22. The Hall–Kier alpha value is -4.32. The highest BCUT2D eigenvalue weighted by atomic mass is 19.1. The van der Waals surface area contributed by atoms with Gasteiger partial charge in [0.15, 0.2) is 0 Å². The molecule has 0 radical (unpaired) electrons. The van der Waals surface area contributed by atoms with Crippen molar-refractivity contribution in [2.24, 2.45) is 7.05 Å². The average molecular weight is 408 g/mol. The first-order valence-corrected chi connectivity index (χ1v) is 8.69. The van der Waals surface area contributed by atoms with Crippen LogP contribution in [0.5, 0.6) is 11.6 Å². The SMILES string of the molecule is C#CC(=O)Nc1cc(-c2cc(NC)c(=O)n(C)c2)c(Oc2ccc(F)cc2)[nH]c1=O. The van der Waals surface area contributed by atoms with E-state index in [1.807, 2.05) is 5.92 Å². The Balaban J connectivity index is 2.20. The molecule has 0 bridgehead atoms. The molecule has 3 aromatic rings. The van der Waals surface area contributed by atoms with E-state index in [0.29, 0.717) is 16.8 Å². The third-order valence-electron chi connectivity index (χ3n) is 4.18. The predicted molar refractivity (Wildman–Crippen MR) is 111 cm³/mol. The number of carbonyl (C=O) groups is 1. The Morgan fingerprint density at radius 2 is 1.90 bits per heavy atom. The molecule has 1 amide bonds. The summed E-state index contributed by atoms with van der Waals surface area (Å²) in [4.78, 5) is 38.7. The summed E-state index contributed by atoms with van der Waals surface area (Å²) in [6.45, 7) is 0. The molecule has 9 heteroatoms. The molecule has 30 heavy (non-hydrogen) atoms. The third kappa shape index (κ3) is 4.23. The van der Waals surface area contributed by atoms with Gasteiger partial charge in [-0.15, -0.1) is 6.42 Å². The lowest BCUT2D eigenvalue weighted by molar-refractivity contribution is -0.111. The van der Waals surface area contributed by atoms with Crippen LogP contribution in [0, 0.1) is 18.2 Å². The maximum absolute atomic E-state index is 13.2. The average Bonchev–Trinajstić information content (AvgIpc) is 2.73. The summed E-state index contributed by atoms with van der Waals surface area (Å²) in [6.07, 6.45) is 6.60. The fraction of sp³-hybridized carbons (Fsp3) is 0.0952. The van der Waals surface area contributed by atoms with Gasteiger partial charge in [-0.2, -0.15) is 0 Å². The van der Waals surface area contributed by atoms with Gasteiger partial charge in [0.1, 0.15) is 22.9 Å². The van der Waals surface area contributed by atoms with Crippen molar-refractivity contribution in [1.82, 2.24) is 9.55 Å². The number of terminal acetylenes is 1. The summed E-state index contributed by atoms with van der Waals surface area (Å²) < 4.78 is 20.3. The molecular formula is C21H17FN4O4. The molecule has 0 fully saturated rings. The molecule has 8 nitrogen and oxygen atoms in total. The van der Waals surface area contributed by atoms with Gasteiger partial charge in [-0.05, 0) is 42.3 Å². The molecule has 0 saturated heterocycles. The lowest BCUT2D eigenvalue weighted by atomic mass is 10.1. The van der Waals surface area contributed by atoms with E-state index in [-0.39, 0.29) is 22.9 Å². The number of ether oxygens (including phenoxy) is 1. The number of hydrogen-bond acceptors (Lipinski definition) is 5. The second kappa shape index (κ2) is 8.36. The fourth-order valence-electron chi connectivity index (χ4n) is 2.72. The van der Waals surface area contributed by atoms with E-state index in [2.05, 4.69) is 15.6 Å². The number of nitrogens with zero attached hydrogens (tertiary/aromatic N) is 1. The molecule has 2 heterocycles. The van der Waals surface area contributed by atoms with Gasteiger partial charge in [0.2, 0.25) is 5.88 Å². The zero-order chi connectivity index (χ0) is 21.8. The summed E-state index contributed by atoms with van der Waals surface area (Å²) in [5.41, 5.74) is 0.164. The summed E-state index contributed by atoms with van der Waals surface area (Å²) in [5, 5.41) is 5.12. The second-order valence-corrected chi connectivity index (χ2v) is 6.22. The number of anilines is 2. The Morgan fingerprint density at radius 1 is 1.20 bits per heavy atom.